The van der Waals surface area contributed by atoms with Gasteiger partial charge in [-0.05, 0) is 32.2 Å². The quantitative estimate of drug-likeness (QED) is 0.630. The molecule has 3 rings (SSSR count). The van der Waals surface area contributed by atoms with Crippen molar-refractivity contribution in [3.63, 3.8) is 0 Å². The van der Waals surface area contributed by atoms with Gasteiger partial charge in [-0.3, -0.25) is 9.36 Å². The molecule has 1 aromatic heterocycles. The predicted molar refractivity (Wildman–Crippen MR) is 96.4 cm³/mol. The third-order valence-electron chi connectivity index (χ3n) is 3.97. The van der Waals surface area contributed by atoms with Gasteiger partial charge in [-0.15, -0.1) is 0 Å². The van der Waals surface area contributed by atoms with Crippen molar-refractivity contribution in [2.75, 3.05) is 7.11 Å². The number of nitrogens with zero attached hydrogens (tertiary/aromatic N) is 1. The first kappa shape index (κ1) is 17.1. The van der Waals surface area contributed by atoms with Crippen molar-refractivity contribution < 1.29 is 14.2 Å². The van der Waals surface area contributed by atoms with Gasteiger partial charge in [-0.25, -0.2) is 0 Å². The number of fused-ring (bicyclic) bond motifs is 3. The topological polar surface area (TPSA) is 49.7 Å². The molecular weight excluding hydrogens is 326 g/mol. The first-order chi connectivity index (χ1) is 11.5. The summed E-state index contributed by atoms with van der Waals surface area (Å²) in [7, 11) is 1.57. The number of hydrogen-bond donors (Lipinski definition) is 0. The van der Waals surface area contributed by atoms with Crippen molar-refractivity contribution in [2.24, 2.45) is 0 Å². The summed E-state index contributed by atoms with van der Waals surface area (Å²) in [6.45, 7) is 5.43. The van der Waals surface area contributed by atoms with Crippen LogP contribution in [0.2, 0.25) is 0 Å². The molecule has 24 heavy (non-hydrogen) atoms. The van der Waals surface area contributed by atoms with Crippen molar-refractivity contribution in [1.29, 1.82) is 0 Å². The predicted octanol–water partition coefficient (Wildman–Crippen LogP) is 4.11. The molecule has 0 aliphatic rings. The Morgan fingerprint density at radius 1 is 1.00 bits per heavy atom. The molecule has 0 amide bonds. The molecule has 0 aliphatic carbocycles. The summed E-state index contributed by atoms with van der Waals surface area (Å²) >= 11 is 1.24. The summed E-state index contributed by atoms with van der Waals surface area (Å²) < 4.78 is 19.1. The number of rotatable bonds is 6. The highest BCUT2D eigenvalue weighted by atomic mass is 32.1. The van der Waals surface area contributed by atoms with E-state index in [2.05, 4.69) is 0 Å². The Balaban J connectivity index is 1.96. The van der Waals surface area contributed by atoms with Crippen LogP contribution >= 0.6 is 11.3 Å². The smallest absolute Gasteiger partial charge is 0.310 e. The molecule has 0 saturated heterocycles. The molecule has 0 saturated carbocycles. The molecule has 5 nitrogen and oxygen atoms in total. The summed E-state index contributed by atoms with van der Waals surface area (Å²) in [4.78, 5) is 12.5. The summed E-state index contributed by atoms with van der Waals surface area (Å²) in [5.74, 6) is 0. The zero-order chi connectivity index (χ0) is 17.3. The number of methoxy groups -OCH3 is 1. The largest absolute Gasteiger partial charge is 0.356 e. The molecular formula is C18H21NO4S. The molecule has 0 N–H and O–H groups in total. The lowest BCUT2D eigenvalue weighted by Gasteiger charge is -2.23. The Bertz CT molecular complexity index is 901. The highest BCUT2D eigenvalue weighted by Crippen LogP contribution is 2.29. The van der Waals surface area contributed by atoms with Gasteiger partial charge in [-0.2, -0.15) is 0 Å². The van der Waals surface area contributed by atoms with Crippen LogP contribution in [0, 0.1) is 0 Å². The molecule has 128 valence electrons. The molecule has 1 heterocycles. The number of benzene rings is 2. The fourth-order valence-corrected chi connectivity index (χ4v) is 3.89. The molecule has 0 radical (unpaired) electrons. The minimum atomic E-state index is -0.489. The molecule has 3 atom stereocenters. The van der Waals surface area contributed by atoms with Crippen LogP contribution in [0.25, 0.3) is 21.0 Å². The lowest BCUT2D eigenvalue weighted by molar-refractivity contribution is -0.245. The highest BCUT2D eigenvalue weighted by molar-refractivity contribution is 7.17. The minimum absolute atomic E-state index is 0.0409. The van der Waals surface area contributed by atoms with Gasteiger partial charge in [0, 0.05) is 12.5 Å². The molecule has 3 unspecified atom stereocenters. The zero-order valence-corrected chi connectivity index (χ0v) is 15.0. The average molecular weight is 347 g/mol. The second kappa shape index (κ2) is 7.03. The summed E-state index contributed by atoms with van der Waals surface area (Å²) in [6.07, 6.45) is -1.30. The van der Waals surface area contributed by atoms with Gasteiger partial charge in [0.1, 0.15) is 6.23 Å². The Labute approximate surface area is 144 Å². The maximum Gasteiger partial charge on any atom is 0.310 e. The lowest BCUT2D eigenvalue weighted by atomic mass is 10.1. The standard InChI is InChI=1S/C18H21NO4S/c1-11(22-13(3)23-12(2)21-4)19-16-10-9-14-7-5-6-8-15(14)17(16)24-18(19)20/h5-13H,1-4H3. The van der Waals surface area contributed by atoms with E-state index in [1.54, 1.807) is 25.5 Å². The Morgan fingerprint density at radius 2 is 1.75 bits per heavy atom. The van der Waals surface area contributed by atoms with E-state index in [1.165, 1.54) is 11.3 Å². The number of hydrogen-bond acceptors (Lipinski definition) is 5. The Morgan fingerprint density at radius 3 is 2.50 bits per heavy atom. The highest BCUT2D eigenvalue weighted by Gasteiger charge is 2.19. The van der Waals surface area contributed by atoms with Crippen molar-refractivity contribution >= 4 is 32.3 Å². The molecule has 0 bridgehead atoms. The van der Waals surface area contributed by atoms with Gasteiger partial charge < -0.3 is 14.2 Å². The summed E-state index contributed by atoms with van der Waals surface area (Å²) in [5.41, 5.74) is 0.878. The SMILES string of the molecule is COC(C)OC(C)OC(C)n1c(=O)sc2c3ccccc3ccc21. The monoisotopic (exact) mass is 347 g/mol. The van der Waals surface area contributed by atoms with Crippen molar-refractivity contribution in [3.05, 3.63) is 46.1 Å². The van der Waals surface area contributed by atoms with E-state index in [9.17, 15) is 4.79 Å². The van der Waals surface area contributed by atoms with Crippen LogP contribution in [0.4, 0.5) is 0 Å². The van der Waals surface area contributed by atoms with Crippen LogP contribution < -0.4 is 4.87 Å². The Kier molecular flexibility index (Phi) is 5.01. The second-order valence-electron chi connectivity index (χ2n) is 5.62. The first-order valence-corrected chi connectivity index (χ1v) is 8.69. The van der Waals surface area contributed by atoms with Crippen LogP contribution in [-0.2, 0) is 14.2 Å². The van der Waals surface area contributed by atoms with Gasteiger partial charge in [0.15, 0.2) is 12.6 Å². The first-order valence-electron chi connectivity index (χ1n) is 7.87. The van der Waals surface area contributed by atoms with Gasteiger partial charge in [0.25, 0.3) is 0 Å². The van der Waals surface area contributed by atoms with Crippen molar-refractivity contribution in [3.8, 4) is 0 Å². The van der Waals surface area contributed by atoms with Crippen LogP contribution in [0.5, 0.6) is 0 Å². The van der Waals surface area contributed by atoms with Crippen molar-refractivity contribution in [2.45, 2.75) is 39.6 Å². The van der Waals surface area contributed by atoms with E-state index < -0.39 is 12.5 Å². The van der Waals surface area contributed by atoms with Gasteiger partial charge >= 0.3 is 4.87 Å². The molecule has 0 aliphatic heterocycles. The molecule has 3 aromatic rings. The number of thiazole rings is 1. The van der Waals surface area contributed by atoms with E-state index >= 15 is 0 Å². The second-order valence-corrected chi connectivity index (χ2v) is 6.58. The molecule has 0 fully saturated rings. The van der Waals surface area contributed by atoms with E-state index in [0.717, 1.165) is 21.0 Å². The Hall–Kier alpha value is -1.73. The van der Waals surface area contributed by atoms with E-state index in [4.69, 9.17) is 14.2 Å². The molecule has 6 heteroatoms. The van der Waals surface area contributed by atoms with E-state index in [1.807, 2.05) is 43.3 Å². The van der Waals surface area contributed by atoms with E-state index in [-0.39, 0.29) is 11.2 Å². The fraction of sp³-hybridized carbons (Fsp3) is 0.389. The lowest BCUT2D eigenvalue weighted by Crippen LogP contribution is -2.27. The van der Waals surface area contributed by atoms with Crippen LogP contribution in [0.1, 0.15) is 27.0 Å². The van der Waals surface area contributed by atoms with Crippen LogP contribution in [-0.4, -0.2) is 24.3 Å². The van der Waals surface area contributed by atoms with Gasteiger partial charge in [-0.1, -0.05) is 41.7 Å². The van der Waals surface area contributed by atoms with Gasteiger partial charge in [0.05, 0.1) is 10.2 Å². The maximum absolute atomic E-state index is 12.5. The fourth-order valence-electron chi connectivity index (χ4n) is 2.80. The third kappa shape index (κ3) is 3.23. The zero-order valence-electron chi connectivity index (χ0n) is 14.2. The van der Waals surface area contributed by atoms with Crippen LogP contribution in [0.3, 0.4) is 0 Å². The van der Waals surface area contributed by atoms with Gasteiger partial charge in [0.2, 0.25) is 0 Å². The molecule has 0 spiro atoms. The maximum atomic E-state index is 12.5. The van der Waals surface area contributed by atoms with Crippen LogP contribution in [0.15, 0.2) is 41.2 Å². The number of ether oxygens (including phenoxy) is 3. The van der Waals surface area contributed by atoms with E-state index in [0.29, 0.717) is 0 Å². The van der Waals surface area contributed by atoms with Crippen molar-refractivity contribution in [1.82, 2.24) is 4.57 Å². The minimum Gasteiger partial charge on any atom is -0.356 e. The average Bonchev–Trinajstić information content (AvgIpc) is 2.91. The summed E-state index contributed by atoms with van der Waals surface area (Å²) in [6, 6.07) is 12.1. The molecule has 2 aromatic carbocycles. The normalized spacial score (nSPS) is 15.7. The number of aromatic nitrogens is 1. The summed E-state index contributed by atoms with van der Waals surface area (Å²) in [5, 5.41) is 2.21. The third-order valence-corrected chi connectivity index (χ3v) is 4.98.